The van der Waals surface area contributed by atoms with Crippen molar-refractivity contribution in [2.24, 2.45) is 0 Å². The van der Waals surface area contributed by atoms with Crippen molar-refractivity contribution in [1.82, 2.24) is 0 Å². The Labute approximate surface area is 91.9 Å². The van der Waals surface area contributed by atoms with Crippen LogP contribution in [0.2, 0.25) is 0 Å². The van der Waals surface area contributed by atoms with E-state index in [1.54, 1.807) is 6.92 Å². The van der Waals surface area contributed by atoms with Crippen LogP contribution in [0.25, 0.3) is 0 Å². The molecule has 4 heteroatoms. The first kappa shape index (κ1) is 12.0. The smallest absolute Gasteiger partial charge is 0.166 e. The number of hydrogen-bond acceptors (Lipinski definition) is 1. The van der Waals surface area contributed by atoms with E-state index < -0.39 is 11.7 Å². The third-order valence-electron chi connectivity index (χ3n) is 1.86. The van der Waals surface area contributed by atoms with E-state index in [9.17, 15) is 13.2 Å². The first-order valence-electron chi connectivity index (χ1n) is 4.22. The molecule has 0 saturated heterocycles. The van der Waals surface area contributed by atoms with E-state index in [1.165, 1.54) is 6.07 Å². The second-order valence-corrected chi connectivity index (χ2v) is 3.30. The van der Waals surface area contributed by atoms with Crippen LogP contribution in [0.15, 0.2) is 18.2 Å². The number of aryl methyl sites for hydroxylation is 1. The van der Waals surface area contributed by atoms with Crippen LogP contribution in [0, 0.1) is 18.8 Å². The standard InChI is InChI=1S/C11H9F3S/c1-8-7-10(11(12,13)14)5-4-9(8)3-2-6-15/h4-5,7,15H,6H2,1H3. The zero-order valence-corrected chi connectivity index (χ0v) is 8.91. The van der Waals surface area contributed by atoms with Crippen molar-refractivity contribution in [3.8, 4) is 11.8 Å². The topological polar surface area (TPSA) is 0 Å². The van der Waals surface area contributed by atoms with Crippen LogP contribution in [0.4, 0.5) is 13.2 Å². The summed E-state index contributed by atoms with van der Waals surface area (Å²) in [7, 11) is 0. The highest BCUT2D eigenvalue weighted by Crippen LogP contribution is 2.30. The Morgan fingerprint density at radius 1 is 1.33 bits per heavy atom. The van der Waals surface area contributed by atoms with Crippen molar-refractivity contribution in [3.63, 3.8) is 0 Å². The number of halogens is 3. The Morgan fingerprint density at radius 3 is 2.47 bits per heavy atom. The maximum atomic E-state index is 12.3. The molecule has 0 aliphatic carbocycles. The summed E-state index contributed by atoms with van der Waals surface area (Å²) in [5, 5.41) is 0. The highest BCUT2D eigenvalue weighted by molar-refractivity contribution is 7.80. The molecule has 0 N–H and O–H groups in total. The summed E-state index contributed by atoms with van der Waals surface area (Å²) in [6.07, 6.45) is -4.29. The highest BCUT2D eigenvalue weighted by Gasteiger charge is 2.30. The molecule has 0 fully saturated rings. The third-order valence-corrected chi connectivity index (χ3v) is 2.01. The summed E-state index contributed by atoms with van der Waals surface area (Å²) in [5.74, 6) is 5.83. The number of hydrogen-bond donors (Lipinski definition) is 1. The number of thiol groups is 1. The Balaban J connectivity index is 3.09. The molecule has 0 radical (unpaired) electrons. The second-order valence-electron chi connectivity index (χ2n) is 2.99. The maximum absolute atomic E-state index is 12.3. The van der Waals surface area contributed by atoms with Gasteiger partial charge in [-0.3, -0.25) is 0 Å². The quantitative estimate of drug-likeness (QED) is 0.513. The van der Waals surface area contributed by atoms with E-state index in [4.69, 9.17) is 0 Å². The lowest BCUT2D eigenvalue weighted by Crippen LogP contribution is -2.05. The fourth-order valence-corrected chi connectivity index (χ4v) is 1.19. The summed E-state index contributed by atoms with van der Waals surface area (Å²) in [6, 6.07) is 3.52. The Bertz CT molecular complexity index is 410. The third kappa shape index (κ3) is 3.21. The fourth-order valence-electron chi connectivity index (χ4n) is 1.12. The Hall–Kier alpha value is -1.08. The van der Waals surface area contributed by atoms with Gasteiger partial charge in [0.15, 0.2) is 0 Å². The minimum Gasteiger partial charge on any atom is -0.166 e. The van der Waals surface area contributed by atoms with Crippen LogP contribution in [-0.2, 0) is 6.18 Å². The van der Waals surface area contributed by atoms with Gasteiger partial charge < -0.3 is 0 Å². The van der Waals surface area contributed by atoms with Gasteiger partial charge in [0, 0.05) is 5.56 Å². The van der Waals surface area contributed by atoms with E-state index in [2.05, 4.69) is 24.5 Å². The van der Waals surface area contributed by atoms with Crippen molar-refractivity contribution in [3.05, 3.63) is 34.9 Å². The summed E-state index contributed by atoms with van der Waals surface area (Å²) in [6.45, 7) is 1.61. The van der Waals surface area contributed by atoms with Crippen LogP contribution >= 0.6 is 12.6 Å². The average Bonchev–Trinajstić information content (AvgIpc) is 2.14. The molecule has 0 bridgehead atoms. The van der Waals surface area contributed by atoms with Gasteiger partial charge in [0.25, 0.3) is 0 Å². The van der Waals surface area contributed by atoms with Gasteiger partial charge in [0.1, 0.15) is 0 Å². The maximum Gasteiger partial charge on any atom is 0.416 e. The van der Waals surface area contributed by atoms with Crippen molar-refractivity contribution in [1.29, 1.82) is 0 Å². The van der Waals surface area contributed by atoms with Crippen molar-refractivity contribution in [2.75, 3.05) is 5.75 Å². The average molecular weight is 230 g/mol. The minimum atomic E-state index is -4.29. The molecular formula is C11H9F3S. The fraction of sp³-hybridized carbons (Fsp3) is 0.273. The molecule has 0 amide bonds. The minimum absolute atomic E-state index is 0.389. The van der Waals surface area contributed by atoms with Gasteiger partial charge in [-0.25, -0.2) is 0 Å². The molecule has 0 saturated carbocycles. The monoisotopic (exact) mass is 230 g/mol. The molecule has 0 unspecified atom stereocenters. The second kappa shape index (κ2) is 4.63. The molecule has 1 aromatic rings. The number of rotatable bonds is 0. The van der Waals surface area contributed by atoms with Crippen LogP contribution in [-0.4, -0.2) is 5.75 Å². The lowest BCUT2D eigenvalue weighted by Gasteiger charge is -2.07. The predicted molar refractivity (Wildman–Crippen MR) is 56.9 cm³/mol. The van der Waals surface area contributed by atoms with Gasteiger partial charge >= 0.3 is 6.18 Å². The Kier molecular flexibility index (Phi) is 3.70. The Morgan fingerprint density at radius 2 is 2.00 bits per heavy atom. The van der Waals surface area contributed by atoms with Crippen LogP contribution in [0.3, 0.4) is 0 Å². The number of benzene rings is 1. The molecule has 0 aliphatic rings. The van der Waals surface area contributed by atoms with Gasteiger partial charge in [0.2, 0.25) is 0 Å². The first-order valence-corrected chi connectivity index (χ1v) is 4.86. The molecule has 15 heavy (non-hydrogen) atoms. The van der Waals surface area contributed by atoms with Gasteiger partial charge in [-0.1, -0.05) is 11.8 Å². The summed E-state index contributed by atoms with van der Waals surface area (Å²) < 4.78 is 36.9. The lowest BCUT2D eigenvalue weighted by atomic mass is 10.1. The van der Waals surface area contributed by atoms with Gasteiger partial charge in [-0.05, 0) is 30.7 Å². The summed E-state index contributed by atoms with van der Waals surface area (Å²) in [5.41, 5.74) is 0.493. The van der Waals surface area contributed by atoms with E-state index >= 15 is 0 Å². The first-order chi connectivity index (χ1) is 6.95. The lowest BCUT2D eigenvalue weighted by molar-refractivity contribution is -0.137. The largest absolute Gasteiger partial charge is 0.416 e. The van der Waals surface area contributed by atoms with Crippen LogP contribution in [0.5, 0.6) is 0 Å². The van der Waals surface area contributed by atoms with E-state index in [-0.39, 0.29) is 0 Å². The molecule has 0 spiro atoms. The van der Waals surface area contributed by atoms with Crippen molar-refractivity contribution in [2.45, 2.75) is 13.1 Å². The van der Waals surface area contributed by atoms with E-state index in [0.29, 0.717) is 16.9 Å². The number of alkyl halides is 3. The molecule has 0 aromatic heterocycles. The van der Waals surface area contributed by atoms with Crippen LogP contribution < -0.4 is 0 Å². The SMILES string of the molecule is Cc1cc(C(F)(F)F)ccc1C#CCS. The molecule has 1 aromatic carbocycles. The molecule has 0 nitrogen and oxygen atoms in total. The van der Waals surface area contributed by atoms with E-state index in [1.807, 2.05) is 0 Å². The molecule has 1 rings (SSSR count). The molecule has 0 aliphatic heterocycles. The highest BCUT2D eigenvalue weighted by atomic mass is 32.1. The predicted octanol–water partition coefficient (Wildman–Crippen LogP) is 3.30. The molecular weight excluding hydrogens is 221 g/mol. The summed E-state index contributed by atoms with van der Waals surface area (Å²) in [4.78, 5) is 0. The van der Waals surface area contributed by atoms with Crippen molar-refractivity contribution < 1.29 is 13.2 Å². The van der Waals surface area contributed by atoms with E-state index in [0.717, 1.165) is 12.1 Å². The summed E-state index contributed by atoms with van der Waals surface area (Å²) >= 11 is 3.90. The van der Waals surface area contributed by atoms with Gasteiger partial charge in [0.05, 0.1) is 11.3 Å². The zero-order valence-electron chi connectivity index (χ0n) is 8.02. The molecule has 80 valence electrons. The molecule has 0 atom stereocenters. The van der Waals surface area contributed by atoms with Gasteiger partial charge in [-0.2, -0.15) is 25.8 Å². The van der Waals surface area contributed by atoms with Crippen LogP contribution in [0.1, 0.15) is 16.7 Å². The van der Waals surface area contributed by atoms with Crippen molar-refractivity contribution >= 4 is 12.6 Å². The molecule has 0 heterocycles. The zero-order chi connectivity index (χ0) is 11.5. The normalized spacial score (nSPS) is 10.7. The van der Waals surface area contributed by atoms with Gasteiger partial charge in [-0.15, -0.1) is 0 Å².